The highest BCUT2D eigenvalue weighted by Gasteiger charge is 2.29. The van der Waals surface area contributed by atoms with Crippen LogP contribution in [0.1, 0.15) is 18.1 Å². The molecule has 0 aliphatic heterocycles. The Morgan fingerprint density at radius 2 is 1.74 bits per heavy atom. The fraction of sp³-hybridized carbons (Fsp3) is 0.200. The average Bonchev–Trinajstić information content (AvgIpc) is 2.83. The average molecular weight is 516 g/mol. The summed E-state index contributed by atoms with van der Waals surface area (Å²) in [6, 6.07) is 19.9. The summed E-state index contributed by atoms with van der Waals surface area (Å²) in [4.78, 5) is 12.6. The Labute approximate surface area is 210 Å². The molecule has 0 saturated heterocycles. The van der Waals surface area contributed by atoms with Gasteiger partial charge in [0, 0.05) is 5.02 Å². The molecule has 8 nitrogen and oxygen atoms in total. The van der Waals surface area contributed by atoms with Crippen LogP contribution in [0.2, 0.25) is 5.02 Å². The highest BCUT2D eigenvalue weighted by atomic mass is 35.5. The largest absolute Gasteiger partial charge is 0.497 e. The van der Waals surface area contributed by atoms with Crippen LogP contribution >= 0.6 is 11.6 Å². The maximum Gasteiger partial charge on any atom is 0.263 e. The number of hydrazone groups is 1. The van der Waals surface area contributed by atoms with Gasteiger partial charge in [0.05, 0.1) is 25.3 Å². The number of nitrogens with one attached hydrogen (secondary N) is 1. The molecular formula is C25H26ClN3O5S. The molecule has 184 valence electrons. The van der Waals surface area contributed by atoms with Crippen LogP contribution in [0.4, 0.5) is 5.69 Å². The number of anilines is 1. The summed E-state index contributed by atoms with van der Waals surface area (Å²) in [5.41, 5.74) is 4.42. The Kier molecular flexibility index (Phi) is 8.73. The summed E-state index contributed by atoms with van der Waals surface area (Å²) in [7, 11) is -2.22. The number of methoxy groups -OCH3 is 1. The molecule has 0 radical (unpaired) electrons. The summed E-state index contributed by atoms with van der Waals surface area (Å²) in [6.45, 7) is 1.87. The molecule has 0 aromatic heterocycles. The molecular weight excluding hydrogens is 490 g/mol. The third-order valence-corrected chi connectivity index (χ3v) is 6.46. The van der Waals surface area contributed by atoms with Crippen molar-refractivity contribution in [3.05, 3.63) is 88.9 Å². The number of amides is 1. The van der Waals surface area contributed by atoms with Crippen molar-refractivity contribution in [2.75, 3.05) is 17.7 Å². The molecule has 1 N–H and O–H groups in total. The Bertz CT molecular complexity index is 1280. The van der Waals surface area contributed by atoms with Crippen LogP contribution < -0.4 is 19.2 Å². The van der Waals surface area contributed by atoms with Gasteiger partial charge in [-0.1, -0.05) is 23.7 Å². The van der Waals surface area contributed by atoms with E-state index in [1.165, 1.54) is 20.2 Å². The van der Waals surface area contributed by atoms with Gasteiger partial charge in [0.25, 0.3) is 5.91 Å². The topological polar surface area (TPSA) is 97.3 Å². The molecule has 0 fully saturated rings. The van der Waals surface area contributed by atoms with Gasteiger partial charge in [-0.05, 0) is 78.7 Å². The molecule has 1 amide bonds. The Morgan fingerprint density at radius 1 is 1.09 bits per heavy atom. The molecule has 3 rings (SSSR count). The second kappa shape index (κ2) is 11.7. The Balaban J connectivity index is 1.59. The van der Waals surface area contributed by atoms with Crippen molar-refractivity contribution >= 4 is 39.4 Å². The first kappa shape index (κ1) is 26.1. The van der Waals surface area contributed by atoms with E-state index in [0.29, 0.717) is 28.8 Å². The van der Waals surface area contributed by atoms with E-state index in [1.807, 2.05) is 18.2 Å². The maximum atomic E-state index is 12.6. The summed E-state index contributed by atoms with van der Waals surface area (Å²) in [5.74, 6) is 0.664. The van der Waals surface area contributed by atoms with E-state index in [9.17, 15) is 13.2 Å². The van der Waals surface area contributed by atoms with E-state index in [1.54, 1.807) is 54.6 Å². The van der Waals surface area contributed by atoms with Crippen molar-refractivity contribution in [1.82, 2.24) is 5.43 Å². The third kappa shape index (κ3) is 7.46. The number of ether oxygens (including phenoxy) is 2. The summed E-state index contributed by atoms with van der Waals surface area (Å²) in [6.07, 6.45) is 2.50. The zero-order chi connectivity index (χ0) is 25.4. The number of benzene rings is 3. The van der Waals surface area contributed by atoms with Gasteiger partial charge in [0.2, 0.25) is 10.0 Å². The molecule has 3 aromatic rings. The minimum atomic E-state index is -3.73. The van der Waals surface area contributed by atoms with Crippen LogP contribution in [-0.4, -0.2) is 39.9 Å². The number of hydrogen-bond donors (Lipinski definition) is 1. The second-order valence-electron chi connectivity index (χ2n) is 7.65. The van der Waals surface area contributed by atoms with Crippen LogP contribution in [0.5, 0.6) is 11.5 Å². The van der Waals surface area contributed by atoms with Crippen LogP contribution in [0, 0.1) is 0 Å². The van der Waals surface area contributed by atoms with Gasteiger partial charge < -0.3 is 9.47 Å². The van der Waals surface area contributed by atoms with Crippen LogP contribution in [-0.2, 0) is 21.4 Å². The molecule has 10 heteroatoms. The number of hydrogen-bond acceptors (Lipinski definition) is 6. The molecule has 0 bridgehead atoms. The molecule has 35 heavy (non-hydrogen) atoms. The van der Waals surface area contributed by atoms with E-state index in [0.717, 1.165) is 21.7 Å². The molecule has 0 unspecified atom stereocenters. The summed E-state index contributed by atoms with van der Waals surface area (Å²) < 4.78 is 36.6. The fourth-order valence-electron chi connectivity index (χ4n) is 3.25. The van der Waals surface area contributed by atoms with Crippen molar-refractivity contribution < 1.29 is 22.7 Å². The molecule has 3 aromatic carbocycles. The first-order valence-electron chi connectivity index (χ1n) is 10.6. The number of halogens is 1. The van der Waals surface area contributed by atoms with Crippen LogP contribution in [0.25, 0.3) is 0 Å². The third-order valence-electron chi connectivity index (χ3n) is 4.98. The normalized spacial score (nSPS) is 12.2. The quantitative estimate of drug-likeness (QED) is 0.322. The SMILES string of the molecule is COc1ccc(N([C@H](C)C(=O)N/N=C\c2ccc(OCc3cccc(Cl)c3)cc2)S(C)(=O)=O)cc1. The molecule has 0 spiro atoms. The van der Waals surface area contributed by atoms with Crippen molar-refractivity contribution in [3.63, 3.8) is 0 Å². The van der Waals surface area contributed by atoms with Crippen molar-refractivity contribution in [2.45, 2.75) is 19.6 Å². The van der Waals surface area contributed by atoms with E-state index in [-0.39, 0.29) is 0 Å². The van der Waals surface area contributed by atoms with Crippen molar-refractivity contribution in [2.24, 2.45) is 5.10 Å². The maximum absolute atomic E-state index is 12.6. The van der Waals surface area contributed by atoms with E-state index in [4.69, 9.17) is 21.1 Å². The highest BCUT2D eigenvalue weighted by molar-refractivity contribution is 7.92. The predicted molar refractivity (Wildman–Crippen MR) is 138 cm³/mol. The number of carbonyl (C=O) groups excluding carboxylic acids is 1. The zero-order valence-electron chi connectivity index (χ0n) is 19.5. The molecule has 1 atom stereocenters. The second-order valence-corrected chi connectivity index (χ2v) is 9.95. The molecule has 0 aliphatic rings. The number of sulfonamides is 1. The van der Waals surface area contributed by atoms with Crippen molar-refractivity contribution in [3.8, 4) is 11.5 Å². The Hall–Kier alpha value is -3.56. The lowest BCUT2D eigenvalue weighted by molar-refractivity contribution is -0.121. The van der Waals surface area contributed by atoms with Crippen molar-refractivity contribution in [1.29, 1.82) is 0 Å². The first-order chi connectivity index (χ1) is 16.7. The fourth-order valence-corrected chi connectivity index (χ4v) is 4.63. The highest BCUT2D eigenvalue weighted by Crippen LogP contribution is 2.24. The van der Waals surface area contributed by atoms with E-state index < -0.39 is 22.0 Å². The number of carbonyl (C=O) groups is 1. The lowest BCUT2D eigenvalue weighted by Gasteiger charge is -2.27. The Morgan fingerprint density at radius 3 is 2.34 bits per heavy atom. The van der Waals surface area contributed by atoms with Crippen LogP contribution in [0.3, 0.4) is 0 Å². The zero-order valence-corrected chi connectivity index (χ0v) is 21.1. The minimum Gasteiger partial charge on any atom is -0.497 e. The monoisotopic (exact) mass is 515 g/mol. The standard InChI is InChI=1S/C25H26ClN3O5S/c1-18(29(35(3,31)32)22-9-13-23(33-2)14-10-22)25(30)28-27-16-19-7-11-24(12-8-19)34-17-20-5-4-6-21(26)15-20/h4-16,18H,17H2,1-3H3,(H,28,30)/b27-16-/t18-/m1/s1. The molecule has 0 heterocycles. The minimum absolute atomic E-state index is 0.341. The smallest absolute Gasteiger partial charge is 0.263 e. The first-order valence-corrected chi connectivity index (χ1v) is 12.8. The molecule has 0 aliphatic carbocycles. The van der Waals surface area contributed by atoms with Crippen LogP contribution in [0.15, 0.2) is 77.9 Å². The van der Waals surface area contributed by atoms with Gasteiger partial charge in [-0.25, -0.2) is 13.8 Å². The number of nitrogens with zero attached hydrogens (tertiary/aromatic N) is 2. The number of rotatable bonds is 10. The predicted octanol–water partition coefficient (Wildman–Crippen LogP) is 4.23. The van der Waals surface area contributed by atoms with Gasteiger partial charge in [0.15, 0.2) is 0 Å². The summed E-state index contributed by atoms with van der Waals surface area (Å²) >= 11 is 5.98. The van der Waals surface area contributed by atoms with Gasteiger partial charge in [0.1, 0.15) is 24.1 Å². The van der Waals surface area contributed by atoms with Gasteiger partial charge >= 0.3 is 0 Å². The lowest BCUT2D eigenvalue weighted by atomic mass is 10.2. The summed E-state index contributed by atoms with van der Waals surface area (Å²) in [5, 5.41) is 4.61. The van der Waals surface area contributed by atoms with E-state index >= 15 is 0 Å². The van der Waals surface area contributed by atoms with Gasteiger partial charge in [-0.15, -0.1) is 0 Å². The van der Waals surface area contributed by atoms with E-state index in [2.05, 4.69) is 10.5 Å². The lowest BCUT2D eigenvalue weighted by Crippen LogP contribution is -2.46. The van der Waals surface area contributed by atoms with Gasteiger partial charge in [-0.3, -0.25) is 9.10 Å². The molecule has 0 saturated carbocycles. The van der Waals surface area contributed by atoms with Gasteiger partial charge in [-0.2, -0.15) is 5.10 Å².